The van der Waals surface area contributed by atoms with Gasteiger partial charge in [0.05, 0.1) is 0 Å². The molecule has 1 aromatic heterocycles. The van der Waals surface area contributed by atoms with Crippen LogP contribution in [0.3, 0.4) is 0 Å². The number of hydrogen-bond acceptors (Lipinski definition) is 5. The Morgan fingerprint density at radius 3 is 2.88 bits per heavy atom. The Morgan fingerprint density at radius 2 is 2.08 bits per heavy atom. The van der Waals surface area contributed by atoms with Gasteiger partial charge in [-0.1, -0.05) is 12.1 Å². The van der Waals surface area contributed by atoms with Gasteiger partial charge >= 0.3 is 0 Å². The van der Waals surface area contributed by atoms with E-state index >= 15 is 0 Å². The van der Waals surface area contributed by atoms with E-state index in [0.29, 0.717) is 13.2 Å². The third-order valence-electron chi connectivity index (χ3n) is 4.08. The van der Waals surface area contributed by atoms with E-state index in [1.807, 2.05) is 43.3 Å². The number of β-amino-alcohol motifs (C(OH)–C–C–N with tert-alkyl or cyclic N) is 1. The van der Waals surface area contributed by atoms with Crippen LogP contribution < -0.4 is 9.47 Å². The molecular weight excluding hydrogens is 304 g/mol. The molecular formula is C19H24N2O3. The summed E-state index contributed by atoms with van der Waals surface area (Å²) >= 11 is 0. The lowest BCUT2D eigenvalue weighted by molar-refractivity contribution is 0.0720. The van der Waals surface area contributed by atoms with Crippen molar-refractivity contribution in [3.63, 3.8) is 0 Å². The minimum atomic E-state index is -0.509. The van der Waals surface area contributed by atoms with Crippen LogP contribution in [-0.4, -0.2) is 53.4 Å². The second-order valence-corrected chi connectivity index (χ2v) is 6.25. The predicted molar refractivity (Wildman–Crippen MR) is 92.4 cm³/mol. The number of aliphatic hydroxyl groups is 1. The lowest BCUT2D eigenvalue weighted by Gasteiger charge is -2.20. The molecule has 1 fully saturated rings. The molecule has 0 amide bonds. The summed E-state index contributed by atoms with van der Waals surface area (Å²) in [5, 5.41) is 10.2. The monoisotopic (exact) mass is 328 g/mol. The maximum Gasteiger partial charge on any atom is 0.122 e. The number of aromatic nitrogens is 1. The van der Waals surface area contributed by atoms with E-state index in [-0.39, 0.29) is 6.10 Å². The Hall–Kier alpha value is -2.11. The highest BCUT2D eigenvalue weighted by Gasteiger charge is 2.25. The van der Waals surface area contributed by atoms with Gasteiger partial charge in [-0.2, -0.15) is 0 Å². The van der Waals surface area contributed by atoms with E-state index in [0.717, 1.165) is 36.6 Å². The Balaban J connectivity index is 1.40. The van der Waals surface area contributed by atoms with Crippen LogP contribution in [0.1, 0.15) is 12.0 Å². The summed E-state index contributed by atoms with van der Waals surface area (Å²) in [6.07, 6.45) is 4.08. The number of benzene rings is 1. The lowest BCUT2D eigenvalue weighted by Crippen LogP contribution is -2.35. The molecule has 2 unspecified atom stereocenters. The highest BCUT2D eigenvalue weighted by molar-refractivity contribution is 5.27. The fraction of sp³-hybridized carbons (Fsp3) is 0.421. The van der Waals surface area contributed by atoms with Gasteiger partial charge in [-0.25, -0.2) is 0 Å². The van der Waals surface area contributed by atoms with Crippen molar-refractivity contribution in [2.45, 2.75) is 25.6 Å². The molecule has 24 heavy (non-hydrogen) atoms. The van der Waals surface area contributed by atoms with Crippen molar-refractivity contribution in [1.82, 2.24) is 9.88 Å². The highest BCUT2D eigenvalue weighted by Crippen LogP contribution is 2.18. The fourth-order valence-electron chi connectivity index (χ4n) is 2.92. The molecule has 1 aliphatic rings. The largest absolute Gasteiger partial charge is 0.491 e. The standard InChI is InChI=1S/C19H24N2O3/c1-15-3-2-4-18(11-15)23-14-16(22)12-21-10-7-19(13-21)24-17-5-8-20-9-6-17/h2-6,8-9,11,16,19,22H,7,10,12-14H2,1H3. The number of pyridine rings is 1. The zero-order valence-electron chi connectivity index (χ0n) is 14.0. The molecule has 3 rings (SSSR count). The van der Waals surface area contributed by atoms with Gasteiger partial charge in [0.25, 0.3) is 0 Å². The van der Waals surface area contributed by atoms with Crippen LogP contribution in [0.4, 0.5) is 0 Å². The van der Waals surface area contributed by atoms with Crippen LogP contribution in [0.25, 0.3) is 0 Å². The molecule has 2 heterocycles. The molecule has 0 aliphatic carbocycles. The maximum absolute atomic E-state index is 10.2. The van der Waals surface area contributed by atoms with Gasteiger partial charge in [-0.05, 0) is 43.2 Å². The second-order valence-electron chi connectivity index (χ2n) is 6.25. The summed E-state index contributed by atoms with van der Waals surface area (Å²) in [7, 11) is 0. The maximum atomic E-state index is 10.2. The predicted octanol–water partition coefficient (Wildman–Crippen LogP) is 2.28. The van der Waals surface area contributed by atoms with Crippen molar-refractivity contribution >= 4 is 0 Å². The van der Waals surface area contributed by atoms with Crippen LogP contribution in [0.2, 0.25) is 0 Å². The first-order valence-corrected chi connectivity index (χ1v) is 8.35. The molecule has 2 aromatic rings. The fourth-order valence-corrected chi connectivity index (χ4v) is 2.92. The molecule has 2 atom stereocenters. The Labute approximate surface area is 142 Å². The highest BCUT2D eigenvalue weighted by atomic mass is 16.5. The van der Waals surface area contributed by atoms with Gasteiger partial charge in [-0.3, -0.25) is 9.88 Å². The second kappa shape index (κ2) is 8.13. The van der Waals surface area contributed by atoms with Crippen LogP contribution >= 0.6 is 0 Å². The number of aryl methyl sites for hydroxylation is 1. The van der Waals surface area contributed by atoms with E-state index in [1.165, 1.54) is 0 Å². The van der Waals surface area contributed by atoms with Crippen LogP contribution in [0.15, 0.2) is 48.8 Å². The minimum Gasteiger partial charge on any atom is -0.491 e. The summed E-state index contributed by atoms with van der Waals surface area (Å²) in [4.78, 5) is 6.21. The average molecular weight is 328 g/mol. The summed E-state index contributed by atoms with van der Waals surface area (Å²) < 4.78 is 11.6. The van der Waals surface area contributed by atoms with Gasteiger partial charge in [0.15, 0.2) is 0 Å². The van der Waals surface area contributed by atoms with Crippen molar-refractivity contribution < 1.29 is 14.6 Å². The summed E-state index contributed by atoms with van der Waals surface area (Å²) in [5.74, 6) is 1.65. The van der Waals surface area contributed by atoms with Crippen molar-refractivity contribution in [3.8, 4) is 11.5 Å². The molecule has 0 radical (unpaired) electrons. The smallest absolute Gasteiger partial charge is 0.122 e. The number of aliphatic hydroxyl groups excluding tert-OH is 1. The molecule has 0 spiro atoms. The van der Waals surface area contributed by atoms with Crippen LogP contribution in [-0.2, 0) is 0 Å². The Morgan fingerprint density at radius 1 is 1.25 bits per heavy atom. The number of likely N-dealkylation sites (tertiary alicyclic amines) is 1. The van der Waals surface area contributed by atoms with Crippen molar-refractivity contribution in [3.05, 3.63) is 54.4 Å². The van der Waals surface area contributed by atoms with E-state index in [4.69, 9.17) is 9.47 Å². The quantitative estimate of drug-likeness (QED) is 0.845. The molecule has 5 heteroatoms. The first-order valence-electron chi connectivity index (χ1n) is 8.35. The molecule has 0 saturated carbocycles. The first-order chi connectivity index (χ1) is 11.7. The zero-order valence-corrected chi connectivity index (χ0v) is 14.0. The van der Waals surface area contributed by atoms with E-state index in [9.17, 15) is 5.11 Å². The van der Waals surface area contributed by atoms with Gasteiger partial charge in [0.2, 0.25) is 0 Å². The number of ether oxygens (including phenoxy) is 2. The van der Waals surface area contributed by atoms with Gasteiger partial charge in [0.1, 0.15) is 30.3 Å². The van der Waals surface area contributed by atoms with Crippen molar-refractivity contribution in [2.75, 3.05) is 26.2 Å². The first kappa shape index (κ1) is 16.7. The summed E-state index contributed by atoms with van der Waals surface area (Å²) in [6.45, 7) is 4.68. The molecule has 1 aromatic carbocycles. The summed E-state index contributed by atoms with van der Waals surface area (Å²) in [6, 6.07) is 11.6. The van der Waals surface area contributed by atoms with Crippen LogP contribution in [0.5, 0.6) is 11.5 Å². The summed E-state index contributed by atoms with van der Waals surface area (Å²) in [5.41, 5.74) is 1.15. The number of rotatable bonds is 7. The SMILES string of the molecule is Cc1cccc(OCC(O)CN2CCC(Oc3ccncc3)C2)c1. The molecule has 1 N–H and O–H groups in total. The zero-order chi connectivity index (χ0) is 16.8. The topological polar surface area (TPSA) is 54.8 Å². The third-order valence-corrected chi connectivity index (χ3v) is 4.08. The lowest BCUT2D eigenvalue weighted by atomic mass is 10.2. The van der Waals surface area contributed by atoms with Crippen LogP contribution in [0, 0.1) is 6.92 Å². The van der Waals surface area contributed by atoms with Gasteiger partial charge < -0.3 is 14.6 Å². The van der Waals surface area contributed by atoms with Gasteiger partial charge in [0, 0.05) is 32.0 Å². The molecule has 1 saturated heterocycles. The van der Waals surface area contributed by atoms with Gasteiger partial charge in [-0.15, -0.1) is 0 Å². The Kier molecular flexibility index (Phi) is 5.67. The molecule has 1 aliphatic heterocycles. The number of nitrogens with zero attached hydrogens (tertiary/aromatic N) is 2. The molecule has 128 valence electrons. The van der Waals surface area contributed by atoms with Crippen molar-refractivity contribution in [1.29, 1.82) is 0 Å². The number of hydrogen-bond donors (Lipinski definition) is 1. The van der Waals surface area contributed by atoms with E-state index in [2.05, 4.69) is 9.88 Å². The molecule has 5 nitrogen and oxygen atoms in total. The minimum absolute atomic E-state index is 0.164. The average Bonchev–Trinajstić information content (AvgIpc) is 3.01. The van der Waals surface area contributed by atoms with E-state index < -0.39 is 6.10 Å². The molecule has 0 bridgehead atoms. The van der Waals surface area contributed by atoms with Crippen molar-refractivity contribution in [2.24, 2.45) is 0 Å². The third kappa shape index (κ3) is 4.94. The van der Waals surface area contributed by atoms with E-state index in [1.54, 1.807) is 12.4 Å². The Bertz CT molecular complexity index is 636. The normalized spacial score (nSPS) is 19.2.